The Labute approximate surface area is 142 Å². The van der Waals surface area contributed by atoms with E-state index < -0.39 is 0 Å². The highest BCUT2D eigenvalue weighted by atomic mass is 16.2. The molecule has 0 unspecified atom stereocenters. The molecule has 6 nitrogen and oxygen atoms in total. The summed E-state index contributed by atoms with van der Waals surface area (Å²) in [4.78, 5) is 34.7. The number of carbonyl (C=O) groups is 3. The first-order chi connectivity index (χ1) is 11.5. The fraction of sp³-hybridized carbons (Fsp3) is 0.500. The van der Waals surface area contributed by atoms with Crippen LogP contribution in [0.4, 0.5) is 5.69 Å². The van der Waals surface area contributed by atoms with Gasteiger partial charge >= 0.3 is 0 Å². The first-order valence-electron chi connectivity index (χ1n) is 8.47. The van der Waals surface area contributed by atoms with Crippen LogP contribution < -0.4 is 16.0 Å². The van der Waals surface area contributed by atoms with Gasteiger partial charge in [-0.2, -0.15) is 0 Å². The molecule has 0 aliphatic heterocycles. The molecule has 3 N–H and O–H groups in total. The number of carbonyl (C=O) groups excluding carboxylic acids is 3. The zero-order valence-corrected chi connectivity index (χ0v) is 14.1. The number of rotatable bonds is 7. The summed E-state index contributed by atoms with van der Waals surface area (Å²) < 4.78 is 0. The van der Waals surface area contributed by atoms with Crippen LogP contribution in [0.25, 0.3) is 0 Å². The van der Waals surface area contributed by atoms with Crippen LogP contribution in [0.15, 0.2) is 24.3 Å². The summed E-state index contributed by atoms with van der Waals surface area (Å²) in [6, 6.07) is 6.66. The second-order valence-corrected chi connectivity index (χ2v) is 6.22. The van der Waals surface area contributed by atoms with Crippen molar-refractivity contribution in [3.63, 3.8) is 0 Å². The molecule has 0 aromatic heterocycles. The number of hydrogen-bond donors (Lipinski definition) is 3. The van der Waals surface area contributed by atoms with Gasteiger partial charge in [0.25, 0.3) is 5.91 Å². The number of amides is 3. The number of benzene rings is 1. The highest BCUT2D eigenvalue weighted by Gasteiger charge is 2.18. The summed E-state index contributed by atoms with van der Waals surface area (Å²) in [5, 5.41) is 8.26. The van der Waals surface area contributed by atoms with Crippen LogP contribution in [-0.4, -0.2) is 30.8 Å². The Bertz CT molecular complexity index is 578. The Morgan fingerprint density at radius 3 is 2.25 bits per heavy atom. The topological polar surface area (TPSA) is 87.3 Å². The van der Waals surface area contributed by atoms with Crippen molar-refractivity contribution in [3.05, 3.63) is 29.8 Å². The molecule has 0 bridgehead atoms. The fourth-order valence-corrected chi connectivity index (χ4v) is 2.94. The summed E-state index contributed by atoms with van der Waals surface area (Å²) in [5.74, 6) is 0.243. The molecule has 130 valence electrons. The SMILES string of the molecule is CC(=O)Nc1ccc(C(=O)NCCNC(=O)CC2CCCC2)cc1. The van der Waals surface area contributed by atoms with Crippen molar-refractivity contribution >= 4 is 23.4 Å². The van der Waals surface area contributed by atoms with Crippen LogP contribution in [0.3, 0.4) is 0 Å². The van der Waals surface area contributed by atoms with Crippen molar-refractivity contribution in [1.29, 1.82) is 0 Å². The normalized spacial score (nSPS) is 14.2. The highest BCUT2D eigenvalue weighted by molar-refractivity contribution is 5.95. The maximum absolute atomic E-state index is 12.0. The molecule has 1 fully saturated rings. The van der Waals surface area contributed by atoms with Crippen molar-refractivity contribution in [2.75, 3.05) is 18.4 Å². The Balaban J connectivity index is 1.65. The molecule has 0 radical (unpaired) electrons. The minimum atomic E-state index is -0.200. The molecule has 1 aromatic carbocycles. The number of nitrogens with one attached hydrogen (secondary N) is 3. The molecule has 1 aliphatic rings. The molecule has 24 heavy (non-hydrogen) atoms. The van der Waals surface area contributed by atoms with Gasteiger partial charge in [0.05, 0.1) is 0 Å². The smallest absolute Gasteiger partial charge is 0.251 e. The molecule has 1 saturated carbocycles. The number of anilines is 1. The van der Waals surface area contributed by atoms with E-state index >= 15 is 0 Å². The van der Waals surface area contributed by atoms with Crippen LogP contribution in [0, 0.1) is 5.92 Å². The monoisotopic (exact) mass is 331 g/mol. The first-order valence-corrected chi connectivity index (χ1v) is 8.47. The van der Waals surface area contributed by atoms with Gasteiger partial charge in [0.1, 0.15) is 0 Å². The van der Waals surface area contributed by atoms with Gasteiger partial charge in [-0.05, 0) is 43.0 Å². The summed E-state index contributed by atoms with van der Waals surface area (Å²) >= 11 is 0. The van der Waals surface area contributed by atoms with Crippen molar-refractivity contribution in [1.82, 2.24) is 10.6 Å². The molecule has 0 saturated heterocycles. The Hall–Kier alpha value is -2.37. The number of hydrogen-bond acceptors (Lipinski definition) is 3. The van der Waals surface area contributed by atoms with Crippen LogP contribution in [0.2, 0.25) is 0 Å². The second kappa shape index (κ2) is 9.05. The van der Waals surface area contributed by atoms with Gasteiger partial charge in [0, 0.05) is 37.7 Å². The van der Waals surface area contributed by atoms with Gasteiger partial charge in [-0.1, -0.05) is 12.8 Å². The lowest BCUT2D eigenvalue weighted by molar-refractivity contribution is -0.122. The summed E-state index contributed by atoms with van der Waals surface area (Å²) in [6.45, 7) is 2.26. The average molecular weight is 331 g/mol. The van der Waals surface area contributed by atoms with Gasteiger partial charge < -0.3 is 16.0 Å². The zero-order valence-electron chi connectivity index (χ0n) is 14.1. The van der Waals surface area contributed by atoms with Crippen molar-refractivity contribution in [3.8, 4) is 0 Å². The van der Waals surface area contributed by atoms with E-state index in [1.807, 2.05) is 0 Å². The van der Waals surface area contributed by atoms with Crippen molar-refractivity contribution in [2.45, 2.75) is 39.0 Å². The molecule has 3 amide bonds. The van der Waals surface area contributed by atoms with E-state index in [1.165, 1.54) is 19.8 Å². The van der Waals surface area contributed by atoms with Crippen molar-refractivity contribution < 1.29 is 14.4 Å². The Kier molecular flexibility index (Phi) is 6.78. The van der Waals surface area contributed by atoms with E-state index in [2.05, 4.69) is 16.0 Å². The van der Waals surface area contributed by atoms with Crippen molar-refractivity contribution in [2.24, 2.45) is 5.92 Å². The molecule has 0 spiro atoms. The van der Waals surface area contributed by atoms with Gasteiger partial charge in [-0.15, -0.1) is 0 Å². The lowest BCUT2D eigenvalue weighted by atomic mass is 10.0. The van der Waals surface area contributed by atoms with Crippen LogP contribution in [0.1, 0.15) is 49.4 Å². The average Bonchev–Trinajstić information content (AvgIpc) is 3.04. The predicted octanol–water partition coefficient (Wildman–Crippen LogP) is 2.07. The van der Waals surface area contributed by atoms with Crippen LogP contribution in [-0.2, 0) is 9.59 Å². The molecule has 0 heterocycles. The molecule has 6 heteroatoms. The van der Waals surface area contributed by atoms with E-state index in [-0.39, 0.29) is 17.7 Å². The van der Waals surface area contributed by atoms with Gasteiger partial charge in [-0.25, -0.2) is 0 Å². The maximum Gasteiger partial charge on any atom is 0.251 e. The standard InChI is InChI=1S/C18H25N3O3/c1-13(22)21-16-8-6-15(7-9-16)18(24)20-11-10-19-17(23)12-14-4-2-3-5-14/h6-9,14H,2-5,10-12H2,1H3,(H,19,23)(H,20,24)(H,21,22). The van der Waals surface area contributed by atoms with Crippen LogP contribution in [0.5, 0.6) is 0 Å². The highest BCUT2D eigenvalue weighted by Crippen LogP contribution is 2.27. The minimum Gasteiger partial charge on any atom is -0.354 e. The predicted molar refractivity (Wildman–Crippen MR) is 92.7 cm³/mol. The largest absolute Gasteiger partial charge is 0.354 e. The lowest BCUT2D eigenvalue weighted by Crippen LogP contribution is -2.35. The second-order valence-electron chi connectivity index (χ2n) is 6.22. The fourth-order valence-electron chi connectivity index (χ4n) is 2.94. The molecule has 2 rings (SSSR count). The van der Waals surface area contributed by atoms with E-state index in [0.29, 0.717) is 36.7 Å². The maximum atomic E-state index is 12.0. The lowest BCUT2D eigenvalue weighted by Gasteiger charge is -2.10. The Morgan fingerprint density at radius 2 is 1.62 bits per heavy atom. The summed E-state index contributed by atoms with van der Waals surface area (Å²) in [5.41, 5.74) is 1.17. The minimum absolute atomic E-state index is 0.0656. The van der Waals surface area contributed by atoms with E-state index in [1.54, 1.807) is 24.3 Å². The van der Waals surface area contributed by atoms with Crippen LogP contribution >= 0.6 is 0 Å². The molecular weight excluding hydrogens is 306 g/mol. The zero-order chi connectivity index (χ0) is 17.4. The van der Waals surface area contributed by atoms with Gasteiger partial charge in [0.2, 0.25) is 11.8 Å². The molecule has 1 aliphatic carbocycles. The summed E-state index contributed by atoms with van der Waals surface area (Å²) in [6.07, 6.45) is 5.36. The van der Waals surface area contributed by atoms with E-state index in [9.17, 15) is 14.4 Å². The summed E-state index contributed by atoms with van der Waals surface area (Å²) in [7, 11) is 0. The molecule has 1 aromatic rings. The van der Waals surface area contributed by atoms with Gasteiger partial charge in [-0.3, -0.25) is 14.4 Å². The first kappa shape index (κ1) is 18.0. The Morgan fingerprint density at radius 1 is 1.00 bits per heavy atom. The van der Waals surface area contributed by atoms with E-state index in [4.69, 9.17) is 0 Å². The molecule has 0 atom stereocenters. The third kappa shape index (κ3) is 6.02. The van der Waals surface area contributed by atoms with Gasteiger partial charge in [0.15, 0.2) is 0 Å². The third-order valence-electron chi connectivity index (χ3n) is 4.15. The third-order valence-corrected chi connectivity index (χ3v) is 4.15. The van der Waals surface area contributed by atoms with E-state index in [0.717, 1.165) is 12.8 Å². The quantitative estimate of drug-likeness (QED) is 0.668. The molecular formula is C18H25N3O3.